The molecule has 2 aromatic rings. The molecule has 0 radical (unpaired) electrons. The van der Waals surface area contributed by atoms with Crippen LogP contribution >= 0.6 is 15.9 Å². The topological polar surface area (TPSA) is 20.2 Å². The van der Waals surface area contributed by atoms with Gasteiger partial charge in [-0.15, -0.1) is 0 Å². The maximum atomic E-state index is 8.86. The molecule has 0 atom stereocenters. The summed E-state index contributed by atoms with van der Waals surface area (Å²) in [6.45, 7) is 0.251. The van der Waals surface area contributed by atoms with Gasteiger partial charge < -0.3 is 5.11 Å². The molecule has 78 valence electrons. The Labute approximate surface area is 97.9 Å². The summed E-state index contributed by atoms with van der Waals surface area (Å²) >= 11 is 3.58. The Balaban J connectivity index is 2.53. The molecule has 0 heterocycles. The number of aliphatic hydroxyl groups is 1. The van der Waals surface area contributed by atoms with Gasteiger partial charge in [0.2, 0.25) is 0 Å². The van der Waals surface area contributed by atoms with Crippen LogP contribution in [-0.2, 0) is 6.42 Å². The van der Waals surface area contributed by atoms with E-state index in [-0.39, 0.29) is 6.61 Å². The first kappa shape index (κ1) is 10.7. The molecule has 0 aliphatic heterocycles. The molecule has 0 fully saturated rings. The summed E-state index contributed by atoms with van der Waals surface area (Å²) < 4.78 is 1.13. The average Bonchev–Trinajstić information content (AvgIpc) is 2.26. The molecule has 0 aliphatic carbocycles. The molecule has 0 unspecified atom stereocenters. The van der Waals surface area contributed by atoms with Gasteiger partial charge in [-0.2, -0.15) is 0 Å². The quantitative estimate of drug-likeness (QED) is 0.900. The Morgan fingerprint density at radius 1 is 1.07 bits per heavy atom. The van der Waals surface area contributed by atoms with E-state index in [0.29, 0.717) is 0 Å². The monoisotopic (exact) mass is 264 g/mol. The summed E-state index contributed by atoms with van der Waals surface area (Å²) in [6, 6.07) is 12.5. The maximum absolute atomic E-state index is 8.86. The molecule has 1 N–H and O–H groups in total. The molecule has 0 aliphatic rings. The lowest BCUT2D eigenvalue weighted by atomic mass is 10.0. The lowest BCUT2D eigenvalue weighted by molar-refractivity contribution is 0.289. The van der Waals surface area contributed by atoms with E-state index in [1.165, 1.54) is 16.3 Å². The van der Waals surface area contributed by atoms with E-state index in [1.54, 1.807) is 0 Å². The summed E-state index contributed by atoms with van der Waals surface area (Å²) in [7, 11) is 0. The third kappa shape index (κ3) is 2.21. The van der Waals surface area contributed by atoms with E-state index in [2.05, 4.69) is 46.3 Å². The number of aliphatic hydroxyl groups excluding tert-OH is 1. The number of hydrogen-bond donors (Lipinski definition) is 1. The standard InChI is InChI=1S/C13H13BrO/c14-12-8-2-6-10-4-1-5-11(13(10)12)7-3-9-15/h1-2,4-6,8,15H,3,7,9H2. The molecule has 2 heteroatoms. The largest absolute Gasteiger partial charge is 0.396 e. The fourth-order valence-electron chi connectivity index (χ4n) is 1.85. The van der Waals surface area contributed by atoms with Crippen LogP contribution in [0.25, 0.3) is 10.8 Å². The molecular weight excluding hydrogens is 252 g/mol. The van der Waals surface area contributed by atoms with Crippen LogP contribution in [0.1, 0.15) is 12.0 Å². The second kappa shape index (κ2) is 4.77. The van der Waals surface area contributed by atoms with Crippen LogP contribution in [0.2, 0.25) is 0 Å². The van der Waals surface area contributed by atoms with Gasteiger partial charge in [0, 0.05) is 11.1 Å². The third-order valence-corrected chi connectivity index (χ3v) is 3.21. The molecule has 15 heavy (non-hydrogen) atoms. The van der Waals surface area contributed by atoms with Crippen molar-refractivity contribution in [2.24, 2.45) is 0 Å². The second-order valence-corrected chi connectivity index (χ2v) is 4.44. The Hall–Kier alpha value is -0.860. The zero-order chi connectivity index (χ0) is 10.7. The minimum absolute atomic E-state index is 0.251. The van der Waals surface area contributed by atoms with Gasteiger partial charge in [0.25, 0.3) is 0 Å². The number of halogens is 1. The molecule has 2 rings (SSSR count). The van der Waals surface area contributed by atoms with Crippen molar-refractivity contribution in [2.75, 3.05) is 6.61 Å². The highest BCUT2D eigenvalue weighted by atomic mass is 79.9. The van der Waals surface area contributed by atoms with Gasteiger partial charge >= 0.3 is 0 Å². The first-order valence-electron chi connectivity index (χ1n) is 5.10. The van der Waals surface area contributed by atoms with Crippen molar-refractivity contribution in [1.29, 1.82) is 0 Å². The predicted octanol–water partition coefficient (Wildman–Crippen LogP) is 3.53. The molecule has 0 aromatic heterocycles. The highest BCUT2D eigenvalue weighted by molar-refractivity contribution is 9.10. The van der Waals surface area contributed by atoms with Gasteiger partial charge in [0.1, 0.15) is 0 Å². The highest BCUT2D eigenvalue weighted by Crippen LogP contribution is 2.27. The third-order valence-electron chi connectivity index (χ3n) is 2.54. The zero-order valence-corrected chi connectivity index (χ0v) is 10.00. The molecule has 2 aromatic carbocycles. The van der Waals surface area contributed by atoms with Crippen molar-refractivity contribution < 1.29 is 5.11 Å². The average molecular weight is 265 g/mol. The zero-order valence-electron chi connectivity index (χ0n) is 8.41. The Morgan fingerprint density at radius 3 is 2.53 bits per heavy atom. The molecule has 1 nitrogen and oxygen atoms in total. The second-order valence-electron chi connectivity index (χ2n) is 3.58. The number of fused-ring (bicyclic) bond motifs is 1. The van der Waals surface area contributed by atoms with Crippen LogP contribution in [0.5, 0.6) is 0 Å². The summed E-state index contributed by atoms with van der Waals surface area (Å²) in [4.78, 5) is 0. The smallest absolute Gasteiger partial charge is 0.0434 e. The van der Waals surface area contributed by atoms with E-state index < -0.39 is 0 Å². The van der Waals surface area contributed by atoms with Gasteiger partial charge in [0.05, 0.1) is 0 Å². The molecule has 0 bridgehead atoms. The van der Waals surface area contributed by atoms with Crippen molar-refractivity contribution in [3.05, 3.63) is 46.4 Å². The van der Waals surface area contributed by atoms with E-state index in [0.717, 1.165) is 17.3 Å². The van der Waals surface area contributed by atoms with E-state index >= 15 is 0 Å². The van der Waals surface area contributed by atoms with Crippen molar-refractivity contribution in [2.45, 2.75) is 12.8 Å². The number of benzene rings is 2. The summed E-state index contributed by atoms with van der Waals surface area (Å²) in [5, 5.41) is 11.4. The number of aryl methyl sites for hydroxylation is 1. The van der Waals surface area contributed by atoms with Crippen LogP contribution < -0.4 is 0 Å². The van der Waals surface area contributed by atoms with Crippen LogP contribution in [-0.4, -0.2) is 11.7 Å². The SMILES string of the molecule is OCCCc1cccc2cccc(Br)c12. The van der Waals surface area contributed by atoms with Crippen LogP contribution in [0, 0.1) is 0 Å². The van der Waals surface area contributed by atoms with Crippen molar-refractivity contribution in [3.63, 3.8) is 0 Å². The summed E-state index contributed by atoms with van der Waals surface area (Å²) in [5.41, 5.74) is 1.30. The minimum Gasteiger partial charge on any atom is -0.396 e. The first-order chi connectivity index (χ1) is 7.33. The van der Waals surface area contributed by atoms with Gasteiger partial charge in [-0.1, -0.05) is 46.3 Å². The lowest BCUT2D eigenvalue weighted by Gasteiger charge is -2.07. The van der Waals surface area contributed by atoms with Gasteiger partial charge in [0.15, 0.2) is 0 Å². The van der Waals surface area contributed by atoms with Gasteiger partial charge in [-0.3, -0.25) is 0 Å². The summed E-state index contributed by atoms with van der Waals surface area (Å²) in [5.74, 6) is 0. The minimum atomic E-state index is 0.251. The molecule has 0 saturated carbocycles. The van der Waals surface area contributed by atoms with E-state index in [4.69, 9.17) is 5.11 Å². The number of hydrogen-bond acceptors (Lipinski definition) is 1. The normalized spacial score (nSPS) is 10.8. The lowest BCUT2D eigenvalue weighted by Crippen LogP contribution is -1.91. The van der Waals surface area contributed by atoms with Crippen LogP contribution in [0.15, 0.2) is 40.9 Å². The Morgan fingerprint density at radius 2 is 1.80 bits per heavy atom. The molecular formula is C13H13BrO. The van der Waals surface area contributed by atoms with Crippen LogP contribution in [0.3, 0.4) is 0 Å². The Bertz CT molecular complexity index is 460. The maximum Gasteiger partial charge on any atom is 0.0434 e. The number of rotatable bonds is 3. The molecule has 0 spiro atoms. The van der Waals surface area contributed by atoms with E-state index in [1.807, 2.05) is 6.07 Å². The summed E-state index contributed by atoms with van der Waals surface area (Å²) in [6.07, 6.45) is 1.75. The molecule has 0 amide bonds. The molecule has 0 saturated heterocycles. The van der Waals surface area contributed by atoms with Crippen molar-refractivity contribution in [1.82, 2.24) is 0 Å². The van der Waals surface area contributed by atoms with Gasteiger partial charge in [-0.05, 0) is 35.2 Å². The fourth-order valence-corrected chi connectivity index (χ4v) is 2.48. The van der Waals surface area contributed by atoms with Crippen LogP contribution in [0.4, 0.5) is 0 Å². The van der Waals surface area contributed by atoms with Gasteiger partial charge in [-0.25, -0.2) is 0 Å². The predicted molar refractivity (Wildman–Crippen MR) is 67.1 cm³/mol. The highest BCUT2D eigenvalue weighted by Gasteiger charge is 2.03. The fraction of sp³-hybridized carbons (Fsp3) is 0.231. The first-order valence-corrected chi connectivity index (χ1v) is 5.89. The van der Waals surface area contributed by atoms with Crippen molar-refractivity contribution >= 4 is 26.7 Å². The van der Waals surface area contributed by atoms with Crippen molar-refractivity contribution in [3.8, 4) is 0 Å². The van der Waals surface area contributed by atoms with E-state index in [9.17, 15) is 0 Å². The Kier molecular flexibility index (Phi) is 3.39.